The summed E-state index contributed by atoms with van der Waals surface area (Å²) in [5.41, 5.74) is 0. The minimum absolute atomic E-state index is 0.165. The molecule has 0 fully saturated rings. The lowest BCUT2D eigenvalue weighted by molar-refractivity contribution is -0.143. The molecule has 0 spiro atoms. The molecule has 0 aliphatic carbocycles. The van der Waals surface area contributed by atoms with Crippen LogP contribution in [-0.2, 0) is 20.4 Å². The molecule has 1 unspecified atom stereocenters. The maximum absolute atomic E-state index is 12.0. The molecule has 0 radical (unpaired) electrons. The van der Waals surface area contributed by atoms with Crippen LogP contribution in [0.5, 0.6) is 0 Å². The Balaban J connectivity index is 2.40. The van der Waals surface area contributed by atoms with Gasteiger partial charge in [-0.05, 0) is 36.6 Å². The predicted octanol–water partition coefficient (Wildman–Crippen LogP) is 2.56. The van der Waals surface area contributed by atoms with Crippen LogP contribution in [0.1, 0.15) is 26.7 Å². The first-order valence-electron chi connectivity index (χ1n) is 6.97. The van der Waals surface area contributed by atoms with Crippen molar-refractivity contribution in [1.82, 2.24) is 5.32 Å². The predicted molar refractivity (Wildman–Crippen MR) is 89.1 cm³/mol. The van der Waals surface area contributed by atoms with E-state index in [1.165, 1.54) is 0 Å². The minimum Gasteiger partial charge on any atom is -0.480 e. The first-order chi connectivity index (χ1) is 10.3. The smallest absolute Gasteiger partial charge is 0.326 e. The van der Waals surface area contributed by atoms with E-state index in [9.17, 15) is 13.8 Å². The monoisotopic (exact) mass is 389 g/mol. The van der Waals surface area contributed by atoms with Gasteiger partial charge < -0.3 is 10.4 Å². The molecular weight excluding hydrogens is 370 g/mol. The number of halogens is 1. The Morgan fingerprint density at radius 1 is 1.27 bits per heavy atom. The standard InChI is InChI=1S/C15H20BrNO4S/c1-10(2)14(15(19)20)17-13(18)4-3-9-22(21)12-7-5-11(16)6-8-12/h5-8,10,14H,3-4,9H2,1-2H3,(H,17,18)(H,19,20)/t14-,22?/m1/s1. The van der Waals surface area contributed by atoms with Crippen LogP contribution in [0.15, 0.2) is 33.6 Å². The summed E-state index contributed by atoms with van der Waals surface area (Å²) in [5, 5.41) is 11.5. The van der Waals surface area contributed by atoms with Gasteiger partial charge in [-0.15, -0.1) is 0 Å². The molecular formula is C15H20BrNO4S. The van der Waals surface area contributed by atoms with Crippen molar-refractivity contribution in [2.75, 3.05) is 5.75 Å². The lowest BCUT2D eigenvalue weighted by atomic mass is 10.0. The molecule has 2 atom stereocenters. The number of hydrogen-bond acceptors (Lipinski definition) is 3. The highest BCUT2D eigenvalue weighted by Gasteiger charge is 2.23. The Morgan fingerprint density at radius 2 is 1.86 bits per heavy atom. The van der Waals surface area contributed by atoms with Gasteiger partial charge >= 0.3 is 5.97 Å². The first-order valence-corrected chi connectivity index (χ1v) is 9.08. The van der Waals surface area contributed by atoms with Crippen LogP contribution in [0, 0.1) is 5.92 Å². The third-order valence-corrected chi connectivity index (χ3v) is 5.05. The molecule has 2 N–H and O–H groups in total. The van der Waals surface area contributed by atoms with E-state index in [0.29, 0.717) is 17.1 Å². The summed E-state index contributed by atoms with van der Waals surface area (Å²) in [4.78, 5) is 23.5. The fourth-order valence-electron chi connectivity index (χ4n) is 1.83. The van der Waals surface area contributed by atoms with Crippen molar-refractivity contribution >= 4 is 38.6 Å². The van der Waals surface area contributed by atoms with Crippen LogP contribution in [-0.4, -0.2) is 33.0 Å². The number of benzene rings is 1. The molecule has 1 aromatic carbocycles. The van der Waals surface area contributed by atoms with Crippen molar-refractivity contribution in [3.8, 4) is 0 Å². The average Bonchev–Trinajstić information content (AvgIpc) is 2.44. The minimum atomic E-state index is -1.16. The summed E-state index contributed by atoms with van der Waals surface area (Å²) in [6, 6.07) is 6.31. The van der Waals surface area contributed by atoms with Crippen molar-refractivity contribution in [1.29, 1.82) is 0 Å². The molecule has 0 bridgehead atoms. The summed E-state index contributed by atoms with van der Waals surface area (Å²) in [7, 11) is -1.16. The molecule has 1 amide bonds. The van der Waals surface area contributed by atoms with Crippen molar-refractivity contribution < 1.29 is 18.9 Å². The van der Waals surface area contributed by atoms with Crippen molar-refractivity contribution in [2.24, 2.45) is 5.92 Å². The number of rotatable bonds is 8. The van der Waals surface area contributed by atoms with Crippen LogP contribution in [0.3, 0.4) is 0 Å². The molecule has 0 aliphatic rings. The van der Waals surface area contributed by atoms with Gasteiger partial charge in [-0.25, -0.2) is 4.79 Å². The summed E-state index contributed by atoms with van der Waals surface area (Å²) in [6.07, 6.45) is 0.609. The van der Waals surface area contributed by atoms with Gasteiger partial charge in [0.25, 0.3) is 0 Å². The van der Waals surface area contributed by atoms with Gasteiger partial charge in [0.05, 0.1) is 10.8 Å². The highest BCUT2D eigenvalue weighted by molar-refractivity contribution is 9.10. The van der Waals surface area contributed by atoms with E-state index < -0.39 is 22.8 Å². The largest absolute Gasteiger partial charge is 0.480 e. The Hall–Kier alpha value is -1.21. The molecule has 0 aliphatic heterocycles. The van der Waals surface area contributed by atoms with E-state index >= 15 is 0 Å². The third kappa shape index (κ3) is 6.27. The summed E-state index contributed by atoms with van der Waals surface area (Å²) in [5.74, 6) is -1.18. The highest BCUT2D eigenvalue weighted by atomic mass is 79.9. The number of carboxylic acids is 1. The Morgan fingerprint density at radius 3 is 2.36 bits per heavy atom. The molecule has 7 heteroatoms. The number of aliphatic carboxylic acids is 1. The van der Waals surface area contributed by atoms with Crippen molar-refractivity contribution in [2.45, 2.75) is 37.6 Å². The van der Waals surface area contributed by atoms with Gasteiger partial charge in [0.15, 0.2) is 0 Å². The second kappa shape index (κ2) is 9.05. The number of hydrogen-bond donors (Lipinski definition) is 2. The zero-order valence-corrected chi connectivity index (χ0v) is 14.9. The zero-order chi connectivity index (χ0) is 16.7. The number of nitrogens with one attached hydrogen (secondary N) is 1. The van der Waals surface area contributed by atoms with Gasteiger partial charge in [0, 0.05) is 21.5 Å². The summed E-state index contributed by atoms with van der Waals surface area (Å²) < 4.78 is 13.0. The van der Waals surface area contributed by atoms with Gasteiger partial charge in [-0.2, -0.15) is 0 Å². The summed E-state index contributed by atoms with van der Waals surface area (Å²) in [6.45, 7) is 3.48. The molecule has 22 heavy (non-hydrogen) atoms. The fourth-order valence-corrected chi connectivity index (χ4v) is 3.17. The van der Waals surface area contributed by atoms with Gasteiger partial charge in [-0.3, -0.25) is 9.00 Å². The van der Waals surface area contributed by atoms with Gasteiger partial charge in [-0.1, -0.05) is 29.8 Å². The Bertz CT molecular complexity index is 545. The van der Waals surface area contributed by atoms with E-state index in [-0.39, 0.29) is 18.2 Å². The highest BCUT2D eigenvalue weighted by Crippen LogP contribution is 2.14. The van der Waals surface area contributed by atoms with Crippen LogP contribution >= 0.6 is 15.9 Å². The molecule has 0 saturated carbocycles. The lowest BCUT2D eigenvalue weighted by Crippen LogP contribution is -2.44. The molecule has 1 aromatic rings. The second-order valence-corrected chi connectivity index (χ2v) is 7.72. The van der Waals surface area contributed by atoms with E-state index in [1.807, 2.05) is 12.1 Å². The SMILES string of the molecule is CC(C)[C@@H](NC(=O)CCCS(=O)c1ccc(Br)cc1)C(=O)O. The fraction of sp³-hybridized carbons (Fsp3) is 0.467. The van der Waals surface area contributed by atoms with E-state index in [0.717, 1.165) is 4.47 Å². The average molecular weight is 390 g/mol. The van der Waals surface area contributed by atoms with Crippen LogP contribution in [0.25, 0.3) is 0 Å². The number of carbonyl (C=O) groups excluding carboxylic acids is 1. The molecule has 5 nitrogen and oxygen atoms in total. The number of carboxylic acid groups (broad SMARTS) is 1. The quantitative estimate of drug-likeness (QED) is 0.715. The molecule has 0 heterocycles. The third-order valence-electron chi connectivity index (χ3n) is 3.06. The van der Waals surface area contributed by atoms with E-state index in [4.69, 9.17) is 5.11 Å². The van der Waals surface area contributed by atoms with Gasteiger partial charge in [0.2, 0.25) is 5.91 Å². The van der Waals surface area contributed by atoms with E-state index in [1.54, 1.807) is 26.0 Å². The van der Waals surface area contributed by atoms with Crippen molar-refractivity contribution in [3.05, 3.63) is 28.7 Å². The maximum atomic E-state index is 12.0. The van der Waals surface area contributed by atoms with Crippen LogP contribution < -0.4 is 5.32 Å². The molecule has 0 aromatic heterocycles. The number of carbonyl (C=O) groups is 2. The van der Waals surface area contributed by atoms with Crippen LogP contribution in [0.2, 0.25) is 0 Å². The Kier molecular flexibility index (Phi) is 7.75. The van der Waals surface area contributed by atoms with Crippen molar-refractivity contribution in [3.63, 3.8) is 0 Å². The Labute approximate surface area is 141 Å². The van der Waals surface area contributed by atoms with E-state index in [2.05, 4.69) is 21.2 Å². The molecule has 122 valence electrons. The van der Waals surface area contributed by atoms with Gasteiger partial charge in [0.1, 0.15) is 6.04 Å². The van der Waals surface area contributed by atoms with Crippen LogP contribution in [0.4, 0.5) is 0 Å². The second-order valence-electron chi connectivity index (χ2n) is 5.23. The molecule has 1 rings (SSSR count). The zero-order valence-electron chi connectivity index (χ0n) is 12.5. The number of amides is 1. The lowest BCUT2D eigenvalue weighted by Gasteiger charge is -2.17. The topological polar surface area (TPSA) is 83.5 Å². The normalized spacial score (nSPS) is 13.6. The first kappa shape index (κ1) is 18.8. The molecule has 0 saturated heterocycles. The maximum Gasteiger partial charge on any atom is 0.326 e. The summed E-state index contributed by atoms with van der Waals surface area (Å²) >= 11 is 3.31.